The van der Waals surface area contributed by atoms with Crippen molar-refractivity contribution in [2.45, 2.75) is 51.4 Å². The second-order valence-corrected chi connectivity index (χ2v) is 7.01. The molecule has 152 valence electrons. The van der Waals surface area contributed by atoms with Crippen LogP contribution in [0.25, 0.3) is 10.9 Å². The minimum atomic E-state index is -0.353. The molecular formula is C21H29ClN4O2. The van der Waals surface area contributed by atoms with E-state index in [0.717, 1.165) is 56.8 Å². The molecule has 0 aliphatic heterocycles. The molecule has 3 rings (SSSR count). The number of halogens is 1. The Labute approximate surface area is 172 Å². The number of carbonyl (C=O) groups is 1. The van der Waals surface area contributed by atoms with Gasteiger partial charge in [0.2, 0.25) is 0 Å². The predicted molar refractivity (Wildman–Crippen MR) is 116 cm³/mol. The summed E-state index contributed by atoms with van der Waals surface area (Å²) in [5, 5.41) is 18.6. The number of hydrogen-bond acceptors (Lipinski definition) is 5. The van der Waals surface area contributed by atoms with E-state index in [1.54, 1.807) is 0 Å². The Hall–Kier alpha value is -2.34. The molecule has 2 aromatic rings. The number of aromatic nitrogens is 1. The Morgan fingerprint density at radius 1 is 1.11 bits per heavy atom. The third kappa shape index (κ3) is 5.83. The van der Waals surface area contributed by atoms with Crippen LogP contribution in [0.4, 0.5) is 5.69 Å². The molecule has 0 saturated carbocycles. The van der Waals surface area contributed by atoms with Gasteiger partial charge in [0, 0.05) is 29.9 Å². The molecule has 0 spiro atoms. The molecule has 6 nitrogen and oxygen atoms in total. The van der Waals surface area contributed by atoms with Gasteiger partial charge in [0.1, 0.15) is 6.21 Å². The fraction of sp³-hybridized carbons (Fsp3) is 0.476. The number of amides is 1. The van der Waals surface area contributed by atoms with Crippen LogP contribution in [0, 0.1) is 0 Å². The quantitative estimate of drug-likeness (QED) is 0.254. The summed E-state index contributed by atoms with van der Waals surface area (Å²) in [4.78, 5) is 16.0. The van der Waals surface area contributed by atoms with Crippen LogP contribution in [0.3, 0.4) is 0 Å². The molecule has 1 heterocycles. The van der Waals surface area contributed by atoms with E-state index in [9.17, 15) is 4.79 Å². The summed E-state index contributed by atoms with van der Waals surface area (Å²) in [5.74, 6) is -0.353. The molecule has 0 bridgehead atoms. The molecular weight excluding hydrogens is 376 g/mol. The molecule has 0 radical (unpaired) electrons. The van der Waals surface area contributed by atoms with Gasteiger partial charge in [-0.1, -0.05) is 36.2 Å². The van der Waals surface area contributed by atoms with Gasteiger partial charge >= 0.3 is 0 Å². The molecule has 1 amide bonds. The maximum Gasteiger partial charge on any atom is 0.265 e. The Bertz CT molecular complexity index is 810. The first-order chi connectivity index (χ1) is 13.3. The number of oxime groups is 1. The lowest BCUT2D eigenvalue weighted by Crippen LogP contribution is -2.25. The monoisotopic (exact) mass is 404 g/mol. The Morgan fingerprint density at radius 2 is 1.86 bits per heavy atom. The summed E-state index contributed by atoms with van der Waals surface area (Å²) in [5.41, 5.74) is 5.05. The molecule has 0 unspecified atom stereocenters. The normalized spacial score (nSPS) is 13.1. The smallest absolute Gasteiger partial charge is 0.265 e. The van der Waals surface area contributed by atoms with Crippen LogP contribution in [-0.2, 0) is 17.6 Å². The van der Waals surface area contributed by atoms with Crippen LogP contribution in [-0.4, -0.2) is 35.4 Å². The summed E-state index contributed by atoms with van der Waals surface area (Å²) >= 11 is 0. The van der Waals surface area contributed by atoms with Gasteiger partial charge in [0.15, 0.2) is 0 Å². The van der Waals surface area contributed by atoms with E-state index in [2.05, 4.69) is 40.1 Å². The van der Waals surface area contributed by atoms with Gasteiger partial charge in [-0.25, -0.2) is 0 Å². The maximum atomic E-state index is 11.1. The van der Waals surface area contributed by atoms with Crippen LogP contribution in [0.2, 0.25) is 0 Å². The highest BCUT2D eigenvalue weighted by atomic mass is 35.5. The predicted octanol–water partition coefficient (Wildman–Crippen LogP) is 4.08. The van der Waals surface area contributed by atoms with E-state index in [-0.39, 0.29) is 18.3 Å². The number of hydrogen-bond donors (Lipinski definition) is 3. The fourth-order valence-corrected chi connectivity index (χ4v) is 3.70. The number of pyridine rings is 1. The molecule has 0 saturated heterocycles. The number of benzene rings is 1. The van der Waals surface area contributed by atoms with Gasteiger partial charge in [-0.05, 0) is 50.2 Å². The van der Waals surface area contributed by atoms with Crippen molar-refractivity contribution in [2.24, 2.45) is 5.16 Å². The van der Waals surface area contributed by atoms with E-state index >= 15 is 0 Å². The zero-order chi connectivity index (χ0) is 18.9. The summed E-state index contributed by atoms with van der Waals surface area (Å²) in [6.45, 7) is 1.56. The van der Waals surface area contributed by atoms with Gasteiger partial charge < -0.3 is 15.8 Å². The van der Waals surface area contributed by atoms with Crippen molar-refractivity contribution in [2.75, 3.05) is 18.4 Å². The Kier molecular flexibility index (Phi) is 9.01. The van der Waals surface area contributed by atoms with E-state index in [0.29, 0.717) is 6.54 Å². The average Bonchev–Trinajstić information content (AvgIpc) is 2.69. The van der Waals surface area contributed by atoms with Crippen molar-refractivity contribution in [3.8, 4) is 0 Å². The van der Waals surface area contributed by atoms with Crippen molar-refractivity contribution < 1.29 is 10.0 Å². The van der Waals surface area contributed by atoms with Crippen LogP contribution < -0.4 is 10.6 Å². The number of nitrogens with zero attached hydrogens (tertiary/aromatic N) is 2. The number of fused-ring (bicyclic) bond motifs is 2. The van der Waals surface area contributed by atoms with Crippen molar-refractivity contribution in [1.29, 1.82) is 0 Å². The highest BCUT2D eigenvalue weighted by Crippen LogP contribution is 2.33. The van der Waals surface area contributed by atoms with Crippen LogP contribution in [0.15, 0.2) is 29.4 Å². The first kappa shape index (κ1) is 22.0. The number of carbonyl (C=O) groups excluding carboxylic acids is 1. The third-order valence-electron chi connectivity index (χ3n) is 5.05. The zero-order valence-corrected chi connectivity index (χ0v) is 16.9. The van der Waals surface area contributed by atoms with Crippen LogP contribution in [0.1, 0.15) is 49.8 Å². The first-order valence-corrected chi connectivity index (χ1v) is 9.89. The number of nitrogens with one attached hydrogen (secondary N) is 2. The summed E-state index contributed by atoms with van der Waals surface area (Å²) in [6, 6.07) is 8.41. The molecule has 0 atom stereocenters. The minimum absolute atomic E-state index is 0. The summed E-state index contributed by atoms with van der Waals surface area (Å²) < 4.78 is 0. The lowest BCUT2D eigenvalue weighted by atomic mass is 9.92. The van der Waals surface area contributed by atoms with Crippen molar-refractivity contribution in [3.63, 3.8) is 0 Å². The molecule has 3 N–H and O–H groups in total. The van der Waals surface area contributed by atoms with E-state index in [1.807, 2.05) is 0 Å². The second-order valence-electron chi connectivity index (χ2n) is 7.01. The standard InChI is InChI=1S/C21H28N4O2.ClH/c26-20(15-24-27)22-13-7-1-2-8-14-23-21-16-9-3-5-11-18(16)25-19-12-6-4-10-17(19)21;/h3,5,9,11,15,27H,1-2,4,6-8,10,12-14H2,(H,22,26)(H,23,25);1H. The molecule has 1 aliphatic rings. The van der Waals surface area contributed by atoms with Crippen LogP contribution in [0.5, 0.6) is 0 Å². The third-order valence-corrected chi connectivity index (χ3v) is 5.05. The highest BCUT2D eigenvalue weighted by Gasteiger charge is 2.17. The lowest BCUT2D eigenvalue weighted by molar-refractivity contribution is -0.114. The van der Waals surface area contributed by atoms with Crippen molar-refractivity contribution in [3.05, 3.63) is 35.5 Å². The topological polar surface area (TPSA) is 86.6 Å². The Balaban J connectivity index is 0.00000280. The number of unbranched alkanes of at least 4 members (excludes halogenated alkanes) is 3. The molecule has 1 aromatic carbocycles. The summed E-state index contributed by atoms with van der Waals surface area (Å²) in [7, 11) is 0. The molecule has 1 aromatic heterocycles. The Morgan fingerprint density at radius 3 is 2.68 bits per heavy atom. The van der Waals surface area contributed by atoms with E-state index < -0.39 is 0 Å². The van der Waals surface area contributed by atoms with Gasteiger partial charge in [0.05, 0.1) is 5.52 Å². The number of para-hydroxylation sites is 1. The van der Waals surface area contributed by atoms with E-state index in [1.165, 1.54) is 35.2 Å². The number of rotatable bonds is 9. The summed E-state index contributed by atoms with van der Waals surface area (Å²) in [6.07, 6.45) is 9.76. The zero-order valence-electron chi connectivity index (χ0n) is 16.1. The number of aryl methyl sites for hydroxylation is 1. The van der Waals surface area contributed by atoms with Gasteiger partial charge in [0.25, 0.3) is 5.91 Å². The second kappa shape index (κ2) is 11.5. The largest absolute Gasteiger partial charge is 0.411 e. The molecule has 1 aliphatic carbocycles. The van der Waals surface area contributed by atoms with Crippen LogP contribution >= 0.6 is 12.4 Å². The highest BCUT2D eigenvalue weighted by molar-refractivity contribution is 6.25. The number of anilines is 1. The minimum Gasteiger partial charge on any atom is -0.411 e. The fourth-order valence-electron chi connectivity index (χ4n) is 3.70. The molecule has 28 heavy (non-hydrogen) atoms. The van der Waals surface area contributed by atoms with Gasteiger partial charge in [-0.15, -0.1) is 12.4 Å². The first-order valence-electron chi connectivity index (χ1n) is 9.89. The average molecular weight is 405 g/mol. The van der Waals surface area contributed by atoms with Crippen molar-refractivity contribution >= 4 is 41.1 Å². The SMILES string of the molecule is Cl.O=C(C=NO)NCCCCCCNc1c2c(nc3ccccc13)CCCC2. The van der Waals surface area contributed by atoms with E-state index in [4.69, 9.17) is 10.2 Å². The van der Waals surface area contributed by atoms with Gasteiger partial charge in [-0.3, -0.25) is 9.78 Å². The lowest BCUT2D eigenvalue weighted by Gasteiger charge is -2.21. The maximum absolute atomic E-state index is 11.1. The molecule has 7 heteroatoms. The van der Waals surface area contributed by atoms with Crippen molar-refractivity contribution in [1.82, 2.24) is 10.3 Å². The molecule has 0 fully saturated rings. The van der Waals surface area contributed by atoms with Gasteiger partial charge in [-0.2, -0.15) is 0 Å².